The maximum Gasteiger partial charge on any atom is 0.344 e. The molecule has 0 aliphatic rings. The van der Waals surface area contributed by atoms with Gasteiger partial charge in [0.05, 0.1) is 5.39 Å². The number of aryl methyl sites for hydroxylation is 1. The number of aliphatic carboxylic acids is 1. The minimum Gasteiger partial charge on any atom is -0.479 e. The van der Waals surface area contributed by atoms with Crippen molar-refractivity contribution in [2.45, 2.75) is 20.0 Å². The van der Waals surface area contributed by atoms with Gasteiger partial charge in [0.25, 0.3) is 0 Å². The number of fused-ring (bicyclic) bond motifs is 1. The molecule has 5 nitrogen and oxygen atoms in total. The van der Waals surface area contributed by atoms with E-state index in [9.17, 15) is 9.59 Å². The van der Waals surface area contributed by atoms with Crippen molar-refractivity contribution < 1.29 is 19.1 Å². The van der Waals surface area contributed by atoms with Crippen LogP contribution in [0.2, 0.25) is 5.02 Å². The molecule has 0 amide bonds. The standard InChI is InChI=1S/C19H15ClO5/c1-10-3-8-15-14(9-10)16(21)18(24-11(2)19(22)23)17(25-15)12-4-6-13(20)7-5-12/h3-9,11H,1-2H3,(H,22,23)/t11-/m0/s1. The van der Waals surface area contributed by atoms with E-state index in [2.05, 4.69) is 0 Å². The molecular weight excluding hydrogens is 344 g/mol. The fourth-order valence-electron chi connectivity index (χ4n) is 2.42. The number of rotatable bonds is 4. The van der Waals surface area contributed by atoms with Crippen molar-refractivity contribution in [3.8, 4) is 17.1 Å². The highest BCUT2D eigenvalue weighted by Crippen LogP contribution is 2.32. The second-order valence-corrected chi connectivity index (χ2v) is 6.13. The molecule has 2 aromatic carbocycles. The Morgan fingerprint density at radius 2 is 1.88 bits per heavy atom. The summed E-state index contributed by atoms with van der Waals surface area (Å²) in [4.78, 5) is 24.0. The molecular formula is C19H15ClO5. The first kappa shape index (κ1) is 17.0. The number of ether oxygens (including phenoxy) is 1. The molecule has 0 aliphatic carbocycles. The maximum atomic E-state index is 12.9. The highest BCUT2D eigenvalue weighted by molar-refractivity contribution is 6.30. The van der Waals surface area contributed by atoms with Crippen LogP contribution in [0.25, 0.3) is 22.3 Å². The quantitative estimate of drug-likeness (QED) is 0.753. The maximum absolute atomic E-state index is 12.9. The molecule has 0 saturated heterocycles. The third kappa shape index (κ3) is 3.37. The Balaban J connectivity index is 2.29. The zero-order valence-electron chi connectivity index (χ0n) is 13.6. The summed E-state index contributed by atoms with van der Waals surface area (Å²) in [6.45, 7) is 3.21. The van der Waals surface area contributed by atoms with Gasteiger partial charge in [-0.25, -0.2) is 4.79 Å². The monoisotopic (exact) mass is 358 g/mol. The number of carboxylic acid groups (broad SMARTS) is 1. The Labute approximate surface area is 148 Å². The van der Waals surface area contributed by atoms with Gasteiger partial charge in [-0.15, -0.1) is 0 Å². The van der Waals surface area contributed by atoms with Gasteiger partial charge in [-0.2, -0.15) is 0 Å². The topological polar surface area (TPSA) is 76.7 Å². The summed E-state index contributed by atoms with van der Waals surface area (Å²) < 4.78 is 11.3. The first-order valence-corrected chi connectivity index (χ1v) is 7.97. The first-order valence-electron chi connectivity index (χ1n) is 7.59. The van der Waals surface area contributed by atoms with Gasteiger partial charge in [0.1, 0.15) is 5.58 Å². The summed E-state index contributed by atoms with van der Waals surface area (Å²) in [5.41, 5.74) is 1.44. The second-order valence-electron chi connectivity index (χ2n) is 5.69. The van der Waals surface area contributed by atoms with E-state index in [1.165, 1.54) is 6.92 Å². The number of halogens is 1. The lowest BCUT2D eigenvalue weighted by Gasteiger charge is -2.14. The van der Waals surface area contributed by atoms with Crippen LogP contribution < -0.4 is 10.2 Å². The lowest BCUT2D eigenvalue weighted by atomic mass is 10.1. The molecule has 0 aliphatic heterocycles. The normalized spacial score (nSPS) is 12.1. The van der Waals surface area contributed by atoms with Gasteiger partial charge in [-0.1, -0.05) is 23.2 Å². The molecule has 128 valence electrons. The summed E-state index contributed by atoms with van der Waals surface area (Å²) in [5.74, 6) is -1.13. The van der Waals surface area contributed by atoms with Crippen molar-refractivity contribution in [2.75, 3.05) is 0 Å². The fraction of sp³-hybridized carbons (Fsp3) is 0.158. The average molecular weight is 359 g/mol. The number of benzene rings is 2. The predicted octanol–water partition coefficient (Wildman–Crippen LogP) is 4.27. The van der Waals surface area contributed by atoms with Crippen LogP contribution in [-0.2, 0) is 4.79 Å². The predicted molar refractivity (Wildman–Crippen MR) is 95.4 cm³/mol. The lowest BCUT2D eigenvalue weighted by Crippen LogP contribution is -2.26. The van der Waals surface area contributed by atoms with Gasteiger partial charge < -0.3 is 14.3 Å². The molecule has 1 N–H and O–H groups in total. The van der Waals surface area contributed by atoms with Gasteiger partial charge in [-0.3, -0.25) is 4.79 Å². The Kier molecular flexibility index (Phi) is 4.51. The van der Waals surface area contributed by atoms with E-state index in [4.69, 9.17) is 25.9 Å². The van der Waals surface area contributed by atoms with Crippen LogP contribution in [-0.4, -0.2) is 17.2 Å². The van der Waals surface area contributed by atoms with Crippen LogP contribution in [0.1, 0.15) is 12.5 Å². The molecule has 0 unspecified atom stereocenters. The number of carboxylic acids is 1. The van der Waals surface area contributed by atoms with Crippen molar-refractivity contribution in [1.29, 1.82) is 0 Å². The smallest absolute Gasteiger partial charge is 0.344 e. The fourth-order valence-corrected chi connectivity index (χ4v) is 2.54. The lowest BCUT2D eigenvalue weighted by molar-refractivity contribution is -0.144. The van der Waals surface area contributed by atoms with E-state index >= 15 is 0 Å². The van der Waals surface area contributed by atoms with Crippen LogP contribution in [0.4, 0.5) is 0 Å². The van der Waals surface area contributed by atoms with E-state index in [-0.39, 0.29) is 11.5 Å². The molecule has 0 bridgehead atoms. The van der Waals surface area contributed by atoms with E-state index in [0.29, 0.717) is 21.6 Å². The molecule has 3 aromatic rings. The molecule has 6 heteroatoms. The molecule has 25 heavy (non-hydrogen) atoms. The second kappa shape index (κ2) is 6.61. The minimum absolute atomic E-state index is 0.129. The van der Waals surface area contributed by atoms with Gasteiger partial charge in [-0.05, 0) is 50.2 Å². The van der Waals surface area contributed by atoms with Crippen molar-refractivity contribution in [1.82, 2.24) is 0 Å². The Bertz CT molecular complexity index is 1000. The highest BCUT2D eigenvalue weighted by atomic mass is 35.5. The van der Waals surface area contributed by atoms with Crippen LogP contribution >= 0.6 is 11.6 Å². The summed E-state index contributed by atoms with van der Waals surface area (Å²) in [6, 6.07) is 11.9. The van der Waals surface area contributed by atoms with Crippen molar-refractivity contribution in [3.05, 3.63) is 63.3 Å². The van der Waals surface area contributed by atoms with Gasteiger partial charge in [0, 0.05) is 10.6 Å². The third-order valence-corrected chi connectivity index (χ3v) is 4.00. The van der Waals surface area contributed by atoms with E-state index in [1.54, 1.807) is 36.4 Å². The Morgan fingerprint density at radius 1 is 1.20 bits per heavy atom. The van der Waals surface area contributed by atoms with E-state index in [1.807, 2.05) is 13.0 Å². The van der Waals surface area contributed by atoms with E-state index < -0.39 is 17.5 Å². The molecule has 1 atom stereocenters. The van der Waals surface area contributed by atoms with Gasteiger partial charge in [0.15, 0.2) is 11.9 Å². The molecule has 0 radical (unpaired) electrons. The Hall–Kier alpha value is -2.79. The highest BCUT2D eigenvalue weighted by Gasteiger charge is 2.22. The Morgan fingerprint density at radius 3 is 2.52 bits per heavy atom. The van der Waals surface area contributed by atoms with Crippen LogP contribution in [0.5, 0.6) is 5.75 Å². The average Bonchev–Trinajstić information content (AvgIpc) is 2.58. The van der Waals surface area contributed by atoms with Gasteiger partial charge >= 0.3 is 5.97 Å². The molecule has 0 spiro atoms. The zero-order valence-corrected chi connectivity index (χ0v) is 14.3. The van der Waals surface area contributed by atoms with E-state index in [0.717, 1.165) is 5.56 Å². The van der Waals surface area contributed by atoms with Crippen LogP contribution in [0.15, 0.2) is 51.7 Å². The molecule has 1 heterocycles. The van der Waals surface area contributed by atoms with Crippen molar-refractivity contribution in [2.24, 2.45) is 0 Å². The first-order chi connectivity index (χ1) is 11.9. The number of carbonyl (C=O) groups is 1. The SMILES string of the molecule is Cc1ccc2oc(-c3ccc(Cl)cc3)c(O[C@@H](C)C(=O)O)c(=O)c2c1. The molecule has 0 fully saturated rings. The minimum atomic E-state index is -1.20. The zero-order chi connectivity index (χ0) is 18.1. The van der Waals surface area contributed by atoms with Crippen molar-refractivity contribution >= 4 is 28.5 Å². The van der Waals surface area contributed by atoms with Gasteiger partial charge in [0.2, 0.25) is 11.2 Å². The summed E-state index contributed by atoms with van der Waals surface area (Å²) >= 11 is 5.91. The largest absolute Gasteiger partial charge is 0.479 e. The number of hydrogen-bond acceptors (Lipinski definition) is 4. The third-order valence-electron chi connectivity index (χ3n) is 3.75. The van der Waals surface area contributed by atoms with Crippen LogP contribution in [0.3, 0.4) is 0 Å². The molecule has 0 saturated carbocycles. The van der Waals surface area contributed by atoms with Crippen molar-refractivity contribution in [3.63, 3.8) is 0 Å². The number of hydrogen-bond donors (Lipinski definition) is 1. The summed E-state index contributed by atoms with van der Waals surface area (Å²) in [5, 5.41) is 9.98. The summed E-state index contributed by atoms with van der Waals surface area (Å²) in [6.07, 6.45) is -1.20. The van der Waals surface area contributed by atoms with Crippen LogP contribution in [0, 0.1) is 6.92 Å². The molecule has 1 aromatic heterocycles. The summed E-state index contributed by atoms with van der Waals surface area (Å²) in [7, 11) is 0. The molecule has 3 rings (SSSR count).